The summed E-state index contributed by atoms with van der Waals surface area (Å²) >= 11 is 0. The Balaban J connectivity index is 1.70. The van der Waals surface area contributed by atoms with Crippen molar-refractivity contribution in [3.05, 3.63) is 83.9 Å². The highest BCUT2D eigenvalue weighted by Crippen LogP contribution is 2.30. The lowest BCUT2D eigenvalue weighted by Crippen LogP contribution is -2.40. The summed E-state index contributed by atoms with van der Waals surface area (Å²) in [5, 5.41) is 5.00. The van der Waals surface area contributed by atoms with Crippen LogP contribution in [-0.4, -0.2) is 16.8 Å². The number of urea groups is 1. The van der Waals surface area contributed by atoms with Crippen LogP contribution in [0.5, 0.6) is 0 Å². The van der Waals surface area contributed by atoms with E-state index in [4.69, 9.17) is 0 Å². The highest BCUT2D eigenvalue weighted by atomic mass is 16.2. The van der Waals surface area contributed by atoms with E-state index in [0.29, 0.717) is 0 Å². The van der Waals surface area contributed by atoms with Gasteiger partial charge in [-0.15, -0.1) is 0 Å². The Hall–Kier alpha value is -3.14. The van der Waals surface area contributed by atoms with E-state index in [9.17, 15) is 9.59 Å². The molecule has 1 fully saturated rings. The van der Waals surface area contributed by atoms with Crippen molar-refractivity contribution in [3.8, 4) is 0 Å². The Morgan fingerprint density at radius 3 is 2.36 bits per heavy atom. The molecule has 0 bridgehead atoms. The van der Waals surface area contributed by atoms with Crippen molar-refractivity contribution in [1.82, 2.24) is 10.2 Å². The minimum Gasteiger partial charge on any atom is -0.319 e. The number of imide groups is 1. The molecule has 1 aliphatic heterocycles. The van der Waals surface area contributed by atoms with Crippen molar-refractivity contribution in [3.63, 3.8) is 0 Å². The highest BCUT2D eigenvalue weighted by molar-refractivity contribution is 6.07. The molecule has 25 heavy (non-hydrogen) atoms. The maximum Gasteiger partial charge on any atom is 0.325 e. The van der Waals surface area contributed by atoms with Crippen molar-refractivity contribution in [2.75, 3.05) is 0 Å². The minimum atomic E-state index is -1.02. The van der Waals surface area contributed by atoms with E-state index in [1.807, 2.05) is 72.8 Å². The van der Waals surface area contributed by atoms with Gasteiger partial charge in [0, 0.05) is 0 Å². The van der Waals surface area contributed by atoms with Gasteiger partial charge in [-0.25, -0.2) is 4.79 Å². The molecule has 4 nitrogen and oxygen atoms in total. The maximum absolute atomic E-state index is 13.0. The van der Waals surface area contributed by atoms with Crippen molar-refractivity contribution in [2.45, 2.75) is 19.0 Å². The first-order valence-corrected chi connectivity index (χ1v) is 8.26. The van der Waals surface area contributed by atoms with Gasteiger partial charge in [0.25, 0.3) is 5.91 Å². The van der Waals surface area contributed by atoms with E-state index >= 15 is 0 Å². The highest BCUT2D eigenvalue weighted by Gasteiger charge is 2.48. The average molecular weight is 330 g/mol. The Morgan fingerprint density at radius 1 is 0.880 bits per heavy atom. The van der Waals surface area contributed by atoms with E-state index in [2.05, 4.69) is 5.32 Å². The molecule has 4 rings (SSSR count). The zero-order chi connectivity index (χ0) is 17.4. The summed E-state index contributed by atoms with van der Waals surface area (Å²) in [6.45, 7) is 2.01. The number of fused-ring (bicyclic) bond motifs is 1. The number of hydrogen-bond donors (Lipinski definition) is 1. The average Bonchev–Trinajstić information content (AvgIpc) is 2.87. The number of carbonyl (C=O) groups excluding carboxylic acids is 2. The third kappa shape index (κ3) is 2.47. The molecule has 1 heterocycles. The van der Waals surface area contributed by atoms with Gasteiger partial charge < -0.3 is 5.32 Å². The number of nitrogens with zero attached hydrogens (tertiary/aromatic N) is 1. The molecule has 0 saturated carbocycles. The molecule has 3 aromatic rings. The second-order valence-corrected chi connectivity index (χ2v) is 6.45. The number of amides is 3. The summed E-state index contributed by atoms with van der Waals surface area (Å²) in [7, 11) is 0. The molecule has 0 spiro atoms. The predicted molar refractivity (Wildman–Crippen MR) is 96.8 cm³/mol. The van der Waals surface area contributed by atoms with Crippen LogP contribution < -0.4 is 5.32 Å². The Bertz CT molecular complexity index is 963. The van der Waals surface area contributed by atoms with Gasteiger partial charge in [-0.1, -0.05) is 72.8 Å². The Morgan fingerprint density at radius 2 is 1.56 bits per heavy atom. The van der Waals surface area contributed by atoms with Crippen LogP contribution in [0.4, 0.5) is 4.79 Å². The topological polar surface area (TPSA) is 49.4 Å². The van der Waals surface area contributed by atoms with Gasteiger partial charge in [-0.3, -0.25) is 9.69 Å². The van der Waals surface area contributed by atoms with Crippen LogP contribution in [0.1, 0.15) is 18.1 Å². The molecule has 3 amide bonds. The molecule has 1 aliphatic rings. The van der Waals surface area contributed by atoms with Crippen LogP contribution in [0.25, 0.3) is 10.8 Å². The molecule has 0 aromatic heterocycles. The first-order chi connectivity index (χ1) is 12.1. The minimum absolute atomic E-state index is 0.225. The monoisotopic (exact) mass is 330 g/mol. The first-order valence-electron chi connectivity index (χ1n) is 8.26. The molecule has 3 aromatic carbocycles. The van der Waals surface area contributed by atoms with E-state index in [0.717, 1.165) is 21.9 Å². The third-order valence-corrected chi connectivity index (χ3v) is 4.83. The third-order valence-electron chi connectivity index (χ3n) is 4.83. The summed E-state index contributed by atoms with van der Waals surface area (Å²) < 4.78 is 0. The fourth-order valence-corrected chi connectivity index (χ4v) is 3.41. The standard InChI is InChI=1S/C21H18N2O2/c1-21(17-11-3-2-4-12-17)19(24)23(20(25)22-21)14-16-10-7-9-15-8-5-6-13-18(15)16/h2-13H,14H2,1H3,(H,22,25)/t21-/m1/s1. The predicted octanol–water partition coefficient (Wildman–Crippen LogP) is 3.81. The summed E-state index contributed by atoms with van der Waals surface area (Å²) in [5.74, 6) is -0.225. The van der Waals surface area contributed by atoms with Crippen LogP contribution >= 0.6 is 0 Å². The lowest BCUT2D eigenvalue weighted by Gasteiger charge is -2.22. The van der Waals surface area contributed by atoms with Crippen LogP contribution in [0.2, 0.25) is 0 Å². The van der Waals surface area contributed by atoms with Crippen molar-refractivity contribution < 1.29 is 9.59 Å². The first kappa shape index (κ1) is 15.4. The van der Waals surface area contributed by atoms with E-state index in [-0.39, 0.29) is 18.5 Å². The molecule has 1 atom stereocenters. The second-order valence-electron chi connectivity index (χ2n) is 6.45. The number of hydrogen-bond acceptors (Lipinski definition) is 2. The summed E-state index contributed by atoms with van der Waals surface area (Å²) in [6.07, 6.45) is 0. The number of carbonyl (C=O) groups is 2. The van der Waals surface area contributed by atoms with Crippen LogP contribution in [-0.2, 0) is 16.9 Å². The molecule has 124 valence electrons. The lowest BCUT2D eigenvalue weighted by molar-refractivity contribution is -0.131. The second kappa shape index (κ2) is 5.74. The molecule has 1 saturated heterocycles. The van der Waals surface area contributed by atoms with Gasteiger partial charge in [-0.2, -0.15) is 0 Å². The van der Waals surface area contributed by atoms with Gasteiger partial charge in [0.1, 0.15) is 5.54 Å². The van der Waals surface area contributed by atoms with Crippen molar-refractivity contribution >= 4 is 22.7 Å². The van der Waals surface area contributed by atoms with E-state index in [1.165, 1.54) is 4.90 Å². The zero-order valence-corrected chi connectivity index (χ0v) is 13.9. The lowest BCUT2D eigenvalue weighted by atomic mass is 9.92. The number of nitrogens with one attached hydrogen (secondary N) is 1. The molecular weight excluding hydrogens is 312 g/mol. The quantitative estimate of drug-likeness (QED) is 0.743. The molecule has 0 aliphatic carbocycles. The van der Waals surface area contributed by atoms with Gasteiger partial charge in [0.2, 0.25) is 0 Å². The van der Waals surface area contributed by atoms with Gasteiger partial charge in [-0.05, 0) is 28.8 Å². The number of rotatable bonds is 3. The Kier molecular flexibility index (Phi) is 3.53. The van der Waals surface area contributed by atoms with E-state index < -0.39 is 5.54 Å². The van der Waals surface area contributed by atoms with Crippen molar-refractivity contribution in [2.24, 2.45) is 0 Å². The fraction of sp³-hybridized carbons (Fsp3) is 0.143. The zero-order valence-electron chi connectivity index (χ0n) is 13.9. The number of benzene rings is 3. The molecule has 0 unspecified atom stereocenters. The normalized spacial score (nSPS) is 20.1. The van der Waals surface area contributed by atoms with Crippen molar-refractivity contribution in [1.29, 1.82) is 0 Å². The smallest absolute Gasteiger partial charge is 0.319 e. The summed E-state index contributed by atoms with van der Waals surface area (Å²) in [5.41, 5.74) is 0.718. The van der Waals surface area contributed by atoms with Gasteiger partial charge in [0.05, 0.1) is 6.54 Å². The van der Waals surface area contributed by atoms with Gasteiger partial charge in [0.15, 0.2) is 0 Å². The molecule has 0 radical (unpaired) electrons. The molecular formula is C21H18N2O2. The van der Waals surface area contributed by atoms with Crippen LogP contribution in [0.3, 0.4) is 0 Å². The summed E-state index contributed by atoms with van der Waals surface area (Å²) in [6, 6.07) is 22.9. The largest absolute Gasteiger partial charge is 0.325 e. The summed E-state index contributed by atoms with van der Waals surface area (Å²) in [4.78, 5) is 26.8. The SMILES string of the molecule is C[C@]1(c2ccccc2)NC(=O)N(Cc2cccc3ccccc23)C1=O. The van der Waals surface area contributed by atoms with Crippen LogP contribution in [0, 0.1) is 0 Å². The van der Waals surface area contributed by atoms with Gasteiger partial charge >= 0.3 is 6.03 Å². The fourth-order valence-electron chi connectivity index (χ4n) is 3.41. The molecule has 4 heteroatoms. The molecule has 1 N–H and O–H groups in total. The van der Waals surface area contributed by atoms with E-state index in [1.54, 1.807) is 6.92 Å². The Labute approximate surface area is 146 Å². The maximum atomic E-state index is 13.0. The van der Waals surface area contributed by atoms with Crippen LogP contribution in [0.15, 0.2) is 72.8 Å².